The van der Waals surface area contributed by atoms with E-state index in [4.69, 9.17) is 4.74 Å². The van der Waals surface area contributed by atoms with Gasteiger partial charge in [0.2, 0.25) is 5.91 Å². The number of nitro groups is 2. The Morgan fingerprint density at radius 1 is 0.969 bits per heavy atom. The molecule has 0 radical (unpaired) electrons. The van der Waals surface area contributed by atoms with Crippen LogP contribution in [-0.4, -0.2) is 22.0 Å². The summed E-state index contributed by atoms with van der Waals surface area (Å²) in [5.74, 6) is 0.0848. The first kappa shape index (κ1) is 22.1. The normalized spacial score (nSPS) is 10.6. The molecule has 0 unspecified atom stereocenters. The van der Waals surface area contributed by atoms with E-state index in [1.807, 2.05) is 0 Å². The molecule has 3 rings (SSSR count). The minimum absolute atomic E-state index is 0.00146. The number of para-hydroxylation sites is 1. The molecule has 0 aliphatic rings. The third-order valence-electron chi connectivity index (χ3n) is 4.35. The molecule has 0 heterocycles. The van der Waals surface area contributed by atoms with Crippen molar-refractivity contribution in [3.63, 3.8) is 0 Å². The number of nitrogens with zero attached hydrogens (tertiary/aromatic N) is 3. The van der Waals surface area contributed by atoms with E-state index in [1.54, 1.807) is 42.5 Å². The van der Waals surface area contributed by atoms with Crippen molar-refractivity contribution < 1.29 is 19.4 Å². The van der Waals surface area contributed by atoms with Gasteiger partial charge < -0.3 is 4.74 Å². The maximum absolute atomic E-state index is 12.0. The predicted molar refractivity (Wildman–Crippen MR) is 116 cm³/mol. The van der Waals surface area contributed by atoms with Gasteiger partial charge >= 0.3 is 0 Å². The fourth-order valence-corrected chi connectivity index (χ4v) is 2.81. The topological polar surface area (TPSA) is 137 Å². The first-order valence-electron chi connectivity index (χ1n) is 9.43. The molecule has 3 aromatic carbocycles. The van der Waals surface area contributed by atoms with Crippen LogP contribution in [0.1, 0.15) is 16.7 Å². The van der Waals surface area contributed by atoms with Gasteiger partial charge in [0.1, 0.15) is 12.4 Å². The number of hydrogen-bond acceptors (Lipinski definition) is 7. The summed E-state index contributed by atoms with van der Waals surface area (Å²) < 4.78 is 5.63. The van der Waals surface area contributed by atoms with Crippen LogP contribution in [0.25, 0.3) is 0 Å². The standard InChI is InChI=1S/C22H18N4O6/c27-22(13-18-5-1-2-7-21(18)26(30)31)24-23-14-16-8-10-20(11-9-16)32-15-17-4-3-6-19(12-17)25(28)29/h1-12,14H,13,15H2,(H,24,27). The van der Waals surface area contributed by atoms with Crippen LogP contribution in [0.5, 0.6) is 5.75 Å². The lowest BCUT2D eigenvalue weighted by Crippen LogP contribution is -2.20. The smallest absolute Gasteiger partial charge is 0.273 e. The van der Waals surface area contributed by atoms with Gasteiger partial charge in [-0.2, -0.15) is 5.10 Å². The van der Waals surface area contributed by atoms with Gasteiger partial charge in [0, 0.05) is 23.8 Å². The van der Waals surface area contributed by atoms with Crippen molar-refractivity contribution in [2.24, 2.45) is 5.10 Å². The zero-order valence-corrected chi connectivity index (χ0v) is 16.7. The first-order valence-corrected chi connectivity index (χ1v) is 9.43. The summed E-state index contributed by atoms with van der Waals surface area (Å²) >= 11 is 0. The number of ether oxygens (including phenoxy) is 1. The lowest BCUT2D eigenvalue weighted by atomic mass is 10.1. The molecular weight excluding hydrogens is 416 g/mol. The van der Waals surface area contributed by atoms with E-state index < -0.39 is 15.8 Å². The quantitative estimate of drug-likeness (QED) is 0.309. The minimum atomic E-state index is -0.533. The third-order valence-corrected chi connectivity index (χ3v) is 4.35. The van der Waals surface area contributed by atoms with Crippen molar-refractivity contribution in [2.45, 2.75) is 13.0 Å². The van der Waals surface area contributed by atoms with Crippen LogP contribution in [0.2, 0.25) is 0 Å². The van der Waals surface area contributed by atoms with Crippen LogP contribution in [-0.2, 0) is 17.8 Å². The Labute approximate surface area is 182 Å². The largest absolute Gasteiger partial charge is 0.489 e. The SMILES string of the molecule is O=C(Cc1ccccc1[N+](=O)[O-])NN=Cc1ccc(OCc2cccc([N+](=O)[O-])c2)cc1. The molecule has 0 fully saturated rings. The molecule has 162 valence electrons. The summed E-state index contributed by atoms with van der Waals surface area (Å²) in [7, 11) is 0. The summed E-state index contributed by atoms with van der Waals surface area (Å²) in [5, 5.41) is 25.7. The summed E-state index contributed by atoms with van der Waals surface area (Å²) in [6.07, 6.45) is 1.26. The fourth-order valence-electron chi connectivity index (χ4n) is 2.81. The molecule has 0 saturated heterocycles. The van der Waals surface area contributed by atoms with Gasteiger partial charge in [-0.3, -0.25) is 25.0 Å². The molecule has 10 heteroatoms. The van der Waals surface area contributed by atoms with Gasteiger partial charge in [0.05, 0.1) is 22.5 Å². The molecular formula is C22H18N4O6. The van der Waals surface area contributed by atoms with E-state index in [-0.39, 0.29) is 24.4 Å². The molecule has 3 aromatic rings. The molecule has 0 atom stereocenters. The highest BCUT2D eigenvalue weighted by Crippen LogP contribution is 2.18. The van der Waals surface area contributed by atoms with Crippen LogP contribution in [0.4, 0.5) is 11.4 Å². The summed E-state index contributed by atoms with van der Waals surface area (Å²) in [6.45, 7) is 0.177. The van der Waals surface area contributed by atoms with Crippen molar-refractivity contribution in [3.8, 4) is 5.75 Å². The molecule has 1 amide bonds. The Morgan fingerprint density at radius 3 is 2.44 bits per heavy atom. The number of carbonyl (C=O) groups excluding carboxylic acids is 1. The van der Waals surface area contributed by atoms with Gasteiger partial charge in [-0.15, -0.1) is 0 Å². The van der Waals surface area contributed by atoms with E-state index in [0.29, 0.717) is 22.4 Å². The van der Waals surface area contributed by atoms with Crippen LogP contribution >= 0.6 is 0 Å². The highest BCUT2D eigenvalue weighted by atomic mass is 16.6. The number of rotatable bonds is 9. The monoisotopic (exact) mass is 434 g/mol. The second-order valence-corrected chi connectivity index (χ2v) is 6.64. The minimum Gasteiger partial charge on any atom is -0.489 e. The predicted octanol–water partition coefficient (Wildman–Crippen LogP) is 3.77. The second kappa shape index (κ2) is 10.4. The molecule has 0 saturated carbocycles. The van der Waals surface area contributed by atoms with Gasteiger partial charge in [-0.25, -0.2) is 5.43 Å². The molecule has 0 spiro atoms. The maximum Gasteiger partial charge on any atom is 0.273 e. The van der Waals surface area contributed by atoms with Gasteiger partial charge in [-0.05, 0) is 35.4 Å². The number of hydrazone groups is 1. The van der Waals surface area contributed by atoms with Crippen molar-refractivity contribution in [1.29, 1.82) is 0 Å². The molecule has 0 aliphatic carbocycles. The summed E-state index contributed by atoms with van der Waals surface area (Å²) in [4.78, 5) is 32.8. The Bertz CT molecular complexity index is 1160. The van der Waals surface area contributed by atoms with E-state index in [9.17, 15) is 25.0 Å². The molecule has 32 heavy (non-hydrogen) atoms. The van der Waals surface area contributed by atoms with Crippen LogP contribution in [0.3, 0.4) is 0 Å². The number of amides is 1. The zero-order valence-electron chi connectivity index (χ0n) is 16.7. The molecule has 0 bridgehead atoms. The summed E-state index contributed by atoms with van der Waals surface area (Å²) in [5.41, 5.74) is 3.89. The Balaban J connectivity index is 1.51. The van der Waals surface area contributed by atoms with E-state index in [1.165, 1.54) is 36.5 Å². The van der Waals surface area contributed by atoms with E-state index in [0.717, 1.165) is 0 Å². The van der Waals surface area contributed by atoms with Crippen molar-refractivity contribution in [1.82, 2.24) is 5.43 Å². The Kier molecular flexibility index (Phi) is 7.20. The van der Waals surface area contributed by atoms with Crippen LogP contribution in [0, 0.1) is 20.2 Å². The number of carbonyl (C=O) groups is 1. The Morgan fingerprint density at radius 2 is 1.72 bits per heavy atom. The Hall–Kier alpha value is -4.60. The average Bonchev–Trinajstić information content (AvgIpc) is 2.79. The molecule has 1 N–H and O–H groups in total. The zero-order chi connectivity index (χ0) is 22.9. The van der Waals surface area contributed by atoms with Crippen molar-refractivity contribution in [3.05, 3.63) is 110 Å². The summed E-state index contributed by atoms with van der Waals surface area (Å²) in [6, 6.07) is 19.1. The number of nitro benzene ring substituents is 2. The van der Waals surface area contributed by atoms with Gasteiger partial charge in [0.25, 0.3) is 11.4 Å². The van der Waals surface area contributed by atoms with Crippen LogP contribution < -0.4 is 10.2 Å². The lowest BCUT2D eigenvalue weighted by molar-refractivity contribution is -0.385. The van der Waals surface area contributed by atoms with E-state index >= 15 is 0 Å². The first-order chi connectivity index (χ1) is 15.4. The number of non-ortho nitro benzene ring substituents is 1. The highest BCUT2D eigenvalue weighted by Gasteiger charge is 2.15. The maximum atomic E-state index is 12.0. The van der Waals surface area contributed by atoms with Crippen molar-refractivity contribution in [2.75, 3.05) is 0 Å². The molecule has 0 aromatic heterocycles. The molecule has 10 nitrogen and oxygen atoms in total. The lowest BCUT2D eigenvalue weighted by Gasteiger charge is -2.06. The number of nitrogens with one attached hydrogen (secondary N) is 1. The van der Waals surface area contributed by atoms with Crippen LogP contribution in [0.15, 0.2) is 77.9 Å². The highest BCUT2D eigenvalue weighted by molar-refractivity contribution is 5.83. The average molecular weight is 434 g/mol. The van der Waals surface area contributed by atoms with Gasteiger partial charge in [0.15, 0.2) is 0 Å². The fraction of sp³-hybridized carbons (Fsp3) is 0.0909. The van der Waals surface area contributed by atoms with Crippen molar-refractivity contribution >= 4 is 23.5 Å². The number of benzene rings is 3. The third kappa shape index (κ3) is 6.20. The second-order valence-electron chi connectivity index (χ2n) is 6.64. The number of hydrogen-bond donors (Lipinski definition) is 1. The van der Waals surface area contributed by atoms with Gasteiger partial charge in [-0.1, -0.05) is 30.3 Å². The van der Waals surface area contributed by atoms with E-state index in [2.05, 4.69) is 10.5 Å². The molecule has 0 aliphatic heterocycles.